The lowest BCUT2D eigenvalue weighted by Crippen LogP contribution is -2.03. The van der Waals surface area contributed by atoms with Crippen LogP contribution in [0.4, 0.5) is 4.39 Å². The number of aromatic carboxylic acids is 1. The first kappa shape index (κ1) is 12.6. The maximum Gasteiger partial charge on any atom is 0.358 e. The van der Waals surface area contributed by atoms with Crippen molar-refractivity contribution in [3.8, 4) is 11.6 Å². The molecule has 0 aliphatic rings. The molecule has 0 amide bonds. The van der Waals surface area contributed by atoms with Crippen molar-refractivity contribution in [2.75, 3.05) is 0 Å². The minimum atomic E-state index is -1.18. The fourth-order valence-electron chi connectivity index (χ4n) is 1.84. The number of fused-ring (bicyclic) bond motifs is 1. The third-order valence-corrected chi connectivity index (χ3v) is 3.55. The molecule has 5 nitrogen and oxygen atoms in total. The molecule has 3 rings (SSSR count). The lowest BCUT2D eigenvalue weighted by atomic mass is 10.2. The van der Waals surface area contributed by atoms with Gasteiger partial charge in [-0.2, -0.15) is 4.98 Å². The summed E-state index contributed by atoms with van der Waals surface area (Å²) in [4.78, 5) is 15.9. The number of hydrogen-bond donors (Lipinski definition) is 1. The highest BCUT2D eigenvalue weighted by Gasteiger charge is 2.22. The highest BCUT2D eigenvalue weighted by molar-refractivity contribution is 7.15. The van der Waals surface area contributed by atoms with Gasteiger partial charge in [-0.1, -0.05) is 12.1 Å². The Kier molecular flexibility index (Phi) is 2.90. The maximum atomic E-state index is 13.9. The van der Waals surface area contributed by atoms with Gasteiger partial charge < -0.3 is 9.84 Å². The minimum absolute atomic E-state index is 0.0433. The second-order valence-corrected chi connectivity index (χ2v) is 4.99. The van der Waals surface area contributed by atoms with Crippen molar-refractivity contribution in [2.45, 2.75) is 6.92 Å². The van der Waals surface area contributed by atoms with Crippen molar-refractivity contribution in [2.24, 2.45) is 0 Å². The normalized spacial score (nSPS) is 10.9. The molecule has 0 aliphatic carbocycles. The van der Waals surface area contributed by atoms with E-state index in [1.165, 1.54) is 21.8 Å². The van der Waals surface area contributed by atoms with Crippen molar-refractivity contribution in [1.82, 2.24) is 9.38 Å². The Morgan fingerprint density at radius 3 is 3.05 bits per heavy atom. The van der Waals surface area contributed by atoms with Crippen LogP contribution in [-0.4, -0.2) is 20.5 Å². The third kappa shape index (κ3) is 1.92. The molecule has 0 fully saturated rings. The number of carboxylic acid groups (broad SMARTS) is 1. The highest BCUT2D eigenvalue weighted by Crippen LogP contribution is 2.30. The SMILES string of the molecule is Cc1cccc(Oc2nc3sccn3c2C(=O)O)c1F. The standard InChI is InChI=1S/C13H9FN2O3S/c1-7-3-2-4-8(9(7)14)19-11-10(12(17)18)16-5-6-20-13(16)15-11/h2-6H,1H3,(H,17,18). The van der Waals surface area contributed by atoms with E-state index >= 15 is 0 Å². The fourth-order valence-corrected chi connectivity index (χ4v) is 2.54. The predicted octanol–water partition coefficient (Wildman–Crippen LogP) is 3.33. The van der Waals surface area contributed by atoms with Crippen LogP contribution in [0.3, 0.4) is 0 Å². The van der Waals surface area contributed by atoms with Crippen molar-refractivity contribution in [1.29, 1.82) is 0 Å². The minimum Gasteiger partial charge on any atom is -0.476 e. The van der Waals surface area contributed by atoms with E-state index < -0.39 is 11.8 Å². The number of ether oxygens (including phenoxy) is 1. The van der Waals surface area contributed by atoms with Crippen LogP contribution in [0.1, 0.15) is 16.1 Å². The van der Waals surface area contributed by atoms with Crippen LogP contribution in [0, 0.1) is 12.7 Å². The van der Waals surface area contributed by atoms with Crippen LogP contribution in [0.15, 0.2) is 29.8 Å². The van der Waals surface area contributed by atoms with E-state index in [0.29, 0.717) is 10.5 Å². The first-order valence-electron chi connectivity index (χ1n) is 5.69. The number of halogens is 1. The van der Waals surface area contributed by atoms with E-state index in [-0.39, 0.29) is 17.3 Å². The topological polar surface area (TPSA) is 63.8 Å². The first-order valence-corrected chi connectivity index (χ1v) is 6.57. The summed E-state index contributed by atoms with van der Waals surface area (Å²) in [6.45, 7) is 1.60. The van der Waals surface area contributed by atoms with Gasteiger partial charge in [0, 0.05) is 11.6 Å². The molecular weight excluding hydrogens is 283 g/mol. The molecule has 0 bridgehead atoms. The molecule has 7 heteroatoms. The number of aryl methyl sites for hydroxylation is 1. The summed E-state index contributed by atoms with van der Waals surface area (Å²) < 4.78 is 20.6. The molecule has 2 heterocycles. The van der Waals surface area contributed by atoms with Crippen molar-refractivity contribution in [3.63, 3.8) is 0 Å². The zero-order valence-electron chi connectivity index (χ0n) is 10.3. The predicted molar refractivity (Wildman–Crippen MR) is 71.2 cm³/mol. The number of imidazole rings is 1. The van der Waals surface area contributed by atoms with Crippen molar-refractivity contribution in [3.05, 3.63) is 46.9 Å². The van der Waals surface area contributed by atoms with Gasteiger partial charge >= 0.3 is 5.97 Å². The number of benzene rings is 1. The van der Waals surface area contributed by atoms with Crippen LogP contribution < -0.4 is 4.74 Å². The van der Waals surface area contributed by atoms with E-state index in [4.69, 9.17) is 4.74 Å². The van der Waals surface area contributed by atoms with Gasteiger partial charge in [0.05, 0.1) is 0 Å². The largest absolute Gasteiger partial charge is 0.476 e. The molecule has 0 spiro atoms. The summed E-state index contributed by atoms with van der Waals surface area (Å²) in [7, 11) is 0. The molecular formula is C13H9FN2O3S. The van der Waals surface area contributed by atoms with Crippen LogP contribution in [0.5, 0.6) is 11.6 Å². The van der Waals surface area contributed by atoms with Gasteiger partial charge in [-0.3, -0.25) is 4.40 Å². The van der Waals surface area contributed by atoms with Crippen molar-refractivity contribution < 1.29 is 19.0 Å². The van der Waals surface area contributed by atoms with Crippen LogP contribution in [-0.2, 0) is 0 Å². The van der Waals surface area contributed by atoms with Crippen LogP contribution in [0.2, 0.25) is 0 Å². The molecule has 1 aromatic carbocycles. The van der Waals surface area contributed by atoms with E-state index in [1.807, 2.05) is 0 Å². The Morgan fingerprint density at radius 1 is 1.50 bits per heavy atom. The lowest BCUT2D eigenvalue weighted by molar-refractivity contribution is 0.0686. The smallest absolute Gasteiger partial charge is 0.358 e. The highest BCUT2D eigenvalue weighted by atomic mass is 32.1. The van der Waals surface area contributed by atoms with Crippen LogP contribution >= 0.6 is 11.3 Å². The van der Waals surface area contributed by atoms with Gasteiger partial charge in [0.2, 0.25) is 0 Å². The van der Waals surface area contributed by atoms with E-state index in [2.05, 4.69) is 4.98 Å². The van der Waals surface area contributed by atoms with Gasteiger partial charge in [0.15, 0.2) is 22.2 Å². The van der Waals surface area contributed by atoms with E-state index in [1.54, 1.807) is 30.6 Å². The van der Waals surface area contributed by atoms with E-state index in [9.17, 15) is 14.3 Å². The molecule has 3 aromatic rings. The number of carbonyl (C=O) groups is 1. The molecule has 0 atom stereocenters. The number of hydrogen-bond acceptors (Lipinski definition) is 4. The van der Waals surface area contributed by atoms with Gasteiger partial charge in [-0.25, -0.2) is 9.18 Å². The molecule has 0 saturated carbocycles. The Labute approximate surface area is 116 Å². The number of thiazole rings is 1. The zero-order valence-corrected chi connectivity index (χ0v) is 11.1. The summed E-state index contributed by atoms with van der Waals surface area (Å²) in [5, 5.41) is 11.0. The van der Waals surface area contributed by atoms with E-state index in [0.717, 1.165) is 0 Å². The molecule has 1 N–H and O–H groups in total. The van der Waals surface area contributed by atoms with Gasteiger partial charge in [-0.05, 0) is 18.6 Å². The average Bonchev–Trinajstić information content (AvgIpc) is 2.94. The van der Waals surface area contributed by atoms with Gasteiger partial charge in [0.25, 0.3) is 5.88 Å². The monoisotopic (exact) mass is 292 g/mol. The average molecular weight is 292 g/mol. The quantitative estimate of drug-likeness (QED) is 0.804. The maximum absolute atomic E-state index is 13.9. The summed E-state index contributed by atoms with van der Waals surface area (Å²) in [5.41, 5.74) is 0.294. The number of nitrogens with zero attached hydrogens (tertiary/aromatic N) is 2. The third-order valence-electron chi connectivity index (χ3n) is 2.80. The Morgan fingerprint density at radius 2 is 2.30 bits per heavy atom. The zero-order chi connectivity index (χ0) is 14.3. The summed E-state index contributed by atoms with van der Waals surface area (Å²) >= 11 is 1.27. The second kappa shape index (κ2) is 4.61. The summed E-state index contributed by atoms with van der Waals surface area (Å²) in [6.07, 6.45) is 1.58. The molecule has 102 valence electrons. The van der Waals surface area contributed by atoms with Crippen LogP contribution in [0.25, 0.3) is 4.96 Å². The number of rotatable bonds is 3. The molecule has 0 unspecified atom stereocenters. The second-order valence-electron chi connectivity index (χ2n) is 4.12. The Bertz CT molecular complexity index is 809. The van der Waals surface area contributed by atoms with Gasteiger partial charge in [0.1, 0.15) is 0 Å². The summed E-state index contributed by atoms with van der Waals surface area (Å²) in [5.74, 6) is -1.87. The number of carboxylic acids is 1. The lowest BCUT2D eigenvalue weighted by Gasteiger charge is -2.06. The van der Waals surface area contributed by atoms with Gasteiger partial charge in [-0.15, -0.1) is 11.3 Å². The molecule has 2 aromatic heterocycles. The Hall–Kier alpha value is -2.41. The van der Waals surface area contributed by atoms with Crippen molar-refractivity contribution >= 4 is 22.3 Å². The first-order chi connectivity index (χ1) is 9.58. The molecule has 0 aliphatic heterocycles. The molecule has 20 heavy (non-hydrogen) atoms. The molecule has 0 saturated heterocycles. The fraction of sp³-hybridized carbons (Fsp3) is 0.0769. The Balaban J connectivity index is 2.10. The summed E-state index contributed by atoms with van der Waals surface area (Å²) in [6, 6.07) is 4.67. The number of aromatic nitrogens is 2. The molecule has 0 radical (unpaired) electrons.